The highest BCUT2D eigenvalue weighted by atomic mass is 16.6. The molecule has 0 bridgehead atoms. The van der Waals surface area contributed by atoms with E-state index >= 15 is 0 Å². The second kappa shape index (κ2) is 4.49. The van der Waals surface area contributed by atoms with Gasteiger partial charge in [0.1, 0.15) is 13.4 Å². The van der Waals surface area contributed by atoms with E-state index in [9.17, 15) is 4.79 Å². The summed E-state index contributed by atoms with van der Waals surface area (Å²) in [7, 11) is 2.04. The molecule has 0 spiro atoms. The normalized spacial score (nSPS) is 11.5. The number of esters is 1. The van der Waals surface area contributed by atoms with Crippen molar-refractivity contribution in [1.82, 2.24) is 0 Å². The molecule has 92 valence electrons. The zero-order chi connectivity index (χ0) is 13.3. The van der Waals surface area contributed by atoms with Gasteiger partial charge in [-0.25, -0.2) is 4.79 Å². The van der Waals surface area contributed by atoms with E-state index in [1.807, 2.05) is 65.0 Å². The van der Waals surface area contributed by atoms with Gasteiger partial charge < -0.3 is 4.74 Å². The minimum atomic E-state index is -0.469. The SMILES string of the molecule is Bc1cccc2c(C(=O)OC(C)(C)C)cccc12. The molecule has 0 atom stereocenters. The monoisotopic (exact) mass is 240 g/mol. The van der Waals surface area contributed by atoms with Crippen molar-refractivity contribution in [3.05, 3.63) is 42.0 Å². The summed E-state index contributed by atoms with van der Waals surface area (Å²) in [5.74, 6) is -0.265. The summed E-state index contributed by atoms with van der Waals surface area (Å²) in [6.45, 7) is 5.63. The summed E-state index contributed by atoms with van der Waals surface area (Å²) in [6, 6.07) is 11.7. The molecular formula is C15H17BO2. The lowest BCUT2D eigenvalue weighted by Gasteiger charge is -2.20. The van der Waals surface area contributed by atoms with Crippen molar-refractivity contribution in [2.24, 2.45) is 0 Å². The summed E-state index contributed by atoms with van der Waals surface area (Å²) in [4.78, 5) is 12.2. The number of benzene rings is 2. The summed E-state index contributed by atoms with van der Waals surface area (Å²) in [5, 5.41) is 2.05. The Balaban J connectivity index is 2.52. The highest BCUT2D eigenvalue weighted by Crippen LogP contribution is 2.20. The van der Waals surface area contributed by atoms with E-state index in [-0.39, 0.29) is 5.97 Å². The summed E-state index contributed by atoms with van der Waals surface area (Å²) < 4.78 is 5.43. The van der Waals surface area contributed by atoms with E-state index in [0.29, 0.717) is 5.56 Å². The molecule has 0 N–H and O–H groups in total. The Labute approximate surface area is 108 Å². The third kappa shape index (κ3) is 2.56. The van der Waals surface area contributed by atoms with Crippen LogP contribution in [0.3, 0.4) is 0 Å². The highest BCUT2D eigenvalue weighted by molar-refractivity contribution is 6.39. The Morgan fingerprint density at radius 1 is 1.06 bits per heavy atom. The fourth-order valence-electron chi connectivity index (χ4n) is 1.98. The van der Waals surface area contributed by atoms with Gasteiger partial charge in [0.05, 0.1) is 5.56 Å². The molecule has 0 heterocycles. The number of ether oxygens (including phenoxy) is 1. The second-order valence-electron chi connectivity index (χ2n) is 5.48. The van der Waals surface area contributed by atoms with Crippen LogP contribution in [0.4, 0.5) is 0 Å². The average Bonchev–Trinajstić information content (AvgIpc) is 2.26. The number of fused-ring (bicyclic) bond motifs is 1. The minimum absolute atomic E-state index is 0.265. The summed E-state index contributed by atoms with van der Waals surface area (Å²) in [5.41, 5.74) is 1.33. The van der Waals surface area contributed by atoms with Gasteiger partial charge in [-0.3, -0.25) is 0 Å². The molecule has 0 aromatic heterocycles. The zero-order valence-electron chi connectivity index (χ0n) is 11.3. The fourth-order valence-corrected chi connectivity index (χ4v) is 1.98. The van der Waals surface area contributed by atoms with Crippen LogP contribution < -0.4 is 5.46 Å². The Hall–Kier alpha value is -1.77. The smallest absolute Gasteiger partial charge is 0.339 e. The number of rotatable bonds is 1. The predicted molar refractivity (Wildman–Crippen MR) is 77.3 cm³/mol. The molecular weight excluding hydrogens is 223 g/mol. The van der Waals surface area contributed by atoms with Gasteiger partial charge in [0.2, 0.25) is 0 Å². The maximum atomic E-state index is 12.2. The standard InChI is InChI=1S/C15H17BO2/c1-15(2,3)18-14(17)12-8-4-7-11-10(12)6-5-9-13(11)16/h4-9H,16H2,1-3H3. The van der Waals surface area contributed by atoms with Crippen molar-refractivity contribution >= 4 is 30.1 Å². The lowest BCUT2D eigenvalue weighted by Crippen LogP contribution is -2.24. The van der Waals surface area contributed by atoms with E-state index in [1.165, 1.54) is 0 Å². The average molecular weight is 240 g/mol. The molecule has 0 amide bonds. The lowest BCUT2D eigenvalue weighted by atomic mass is 9.89. The molecule has 0 unspecified atom stereocenters. The molecule has 2 nitrogen and oxygen atoms in total. The van der Waals surface area contributed by atoms with Crippen LogP contribution in [-0.2, 0) is 4.74 Å². The first kappa shape index (κ1) is 12.7. The topological polar surface area (TPSA) is 26.3 Å². The first-order valence-electron chi connectivity index (χ1n) is 6.10. The van der Waals surface area contributed by atoms with Crippen molar-refractivity contribution in [3.8, 4) is 0 Å². The van der Waals surface area contributed by atoms with Crippen molar-refractivity contribution in [2.45, 2.75) is 26.4 Å². The lowest BCUT2D eigenvalue weighted by molar-refractivity contribution is 0.00719. The highest BCUT2D eigenvalue weighted by Gasteiger charge is 2.19. The zero-order valence-corrected chi connectivity index (χ0v) is 11.3. The van der Waals surface area contributed by atoms with Gasteiger partial charge >= 0.3 is 5.97 Å². The van der Waals surface area contributed by atoms with Crippen molar-refractivity contribution < 1.29 is 9.53 Å². The van der Waals surface area contributed by atoms with Crippen LogP contribution in [-0.4, -0.2) is 19.4 Å². The van der Waals surface area contributed by atoms with Gasteiger partial charge in [-0.1, -0.05) is 35.8 Å². The van der Waals surface area contributed by atoms with E-state index < -0.39 is 5.60 Å². The number of hydrogen-bond acceptors (Lipinski definition) is 2. The Bertz CT molecular complexity index is 597. The van der Waals surface area contributed by atoms with Crippen molar-refractivity contribution in [2.75, 3.05) is 0 Å². The molecule has 0 saturated carbocycles. The fraction of sp³-hybridized carbons (Fsp3) is 0.267. The van der Waals surface area contributed by atoms with Gasteiger partial charge in [-0.2, -0.15) is 0 Å². The Kier molecular flexibility index (Phi) is 3.16. The van der Waals surface area contributed by atoms with E-state index in [1.54, 1.807) is 0 Å². The molecule has 0 radical (unpaired) electrons. The van der Waals surface area contributed by atoms with Crippen LogP contribution >= 0.6 is 0 Å². The van der Waals surface area contributed by atoms with Gasteiger partial charge in [0, 0.05) is 0 Å². The molecule has 0 aliphatic rings. The van der Waals surface area contributed by atoms with Crippen molar-refractivity contribution in [3.63, 3.8) is 0 Å². The van der Waals surface area contributed by atoms with Crippen LogP contribution in [0.15, 0.2) is 36.4 Å². The van der Waals surface area contributed by atoms with Gasteiger partial charge in [-0.05, 0) is 37.6 Å². The Morgan fingerprint density at radius 3 is 2.33 bits per heavy atom. The van der Waals surface area contributed by atoms with Gasteiger partial charge in [-0.15, -0.1) is 0 Å². The largest absolute Gasteiger partial charge is 0.456 e. The minimum Gasteiger partial charge on any atom is -0.456 e. The number of hydrogen-bond donors (Lipinski definition) is 0. The van der Waals surface area contributed by atoms with Crippen LogP contribution in [0, 0.1) is 0 Å². The van der Waals surface area contributed by atoms with E-state index in [4.69, 9.17) is 4.74 Å². The molecule has 0 aliphatic heterocycles. The molecule has 2 aromatic rings. The molecule has 18 heavy (non-hydrogen) atoms. The number of carbonyl (C=O) groups excluding carboxylic acids is 1. The van der Waals surface area contributed by atoms with Crippen LogP contribution in [0.25, 0.3) is 10.8 Å². The van der Waals surface area contributed by atoms with Crippen LogP contribution in [0.5, 0.6) is 0 Å². The Morgan fingerprint density at radius 2 is 1.67 bits per heavy atom. The second-order valence-corrected chi connectivity index (χ2v) is 5.48. The number of carbonyl (C=O) groups is 1. The molecule has 2 aromatic carbocycles. The molecule has 0 saturated heterocycles. The molecule has 0 aliphatic carbocycles. The maximum absolute atomic E-state index is 12.2. The van der Waals surface area contributed by atoms with E-state index in [2.05, 4.69) is 0 Å². The maximum Gasteiger partial charge on any atom is 0.339 e. The first-order valence-corrected chi connectivity index (χ1v) is 6.10. The van der Waals surface area contributed by atoms with E-state index in [0.717, 1.165) is 16.2 Å². The van der Waals surface area contributed by atoms with Gasteiger partial charge in [0.15, 0.2) is 0 Å². The van der Waals surface area contributed by atoms with Crippen LogP contribution in [0.2, 0.25) is 0 Å². The third-order valence-corrected chi connectivity index (χ3v) is 2.76. The predicted octanol–water partition coefficient (Wildman–Crippen LogP) is 2.05. The molecule has 0 fully saturated rings. The summed E-state index contributed by atoms with van der Waals surface area (Å²) >= 11 is 0. The molecule has 3 heteroatoms. The summed E-state index contributed by atoms with van der Waals surface area (Å²) in [6.07, 6.45) is 0. The third-order valence-electron chi connectivity index (χ3n) is 2.76. The van der Waals surface area contributed by atoms with Crippen LogP contribution in [0.1, 0.15) is 31.1 Å². The first-order chi connectivity index (χ1) is 8.38. The quantitative estimate of drug-likeness (QED) is 0.563. The van der Waals surface area contributed by atoms with Gasteiger partial charge in [0.25, 0.3) is 0 Å². The van der Waals surface area contributed by atoms with Crippen molar-refractivity contribution in [1.29, 1.82) is 0 Å². The molecule has 2 rings (SSSR count).